The van der Waals surface area contributed by atoms with E-state index in [2.05, 4.69) is 10.2 Å². The summed E-state index contributed by atoms with van der Waals surface area (Å²) in [5, 5.41) is 7.57. The predicted octanol–water partition coefficient (Wildman–Crippen LogP) is 2.74. The molecule has 1 aliphatic rings. The van der Waals surface area contributed by atoms with Crippen molar-refractivity contribution in [3.63, 3.8) is 0 Å². The molecule has 0 atom stereocenters. The van der Waals surface area contributed by atoms with Crippen molar-refractivity contribution in [2.24, 2.45) is 5.92 Å². The summed E-state index contributed by atoms with van der Waals surface area (Å²) in [6.07, 6.45) is 8.36. The summed E-state index contributed by atoms with van der Waals surface area (Å²) in [5.41, 5.74) is 0. The molecule has 1 saturated carbocycles. The van der Waals surface area contributed by atoms with Gasteiger partial charge in [-0.1, -0.05) is 32.1 Å². The summed E-state index contributed by atoms with van der Waals surface area (Å²) in [6.45, 7) is 2.40. The second kappa shape index (κ2) is 6.22. The maximum absolute atomic E-state index is 11.4. The molecule has 1 aromatic rings. The summed E-state index contributed by atoms with van der Waals surface area (Å²) in [5.74, 6) is 1.47. The van der Waals surface area contributed by atoms with Gasteiger partial charge < -0.3 is 4.57 Å². The van der Waals surface area contributed by atoms with Crippen LogP contribution in [0.1, 0.15) is 51.3 Å². The van der Waals surface area contributed by atoms with Gasteiger partial charge in [0.2, 0.25) is 0 Å². The van der Waals surface area contributed by atoms with Crippen molar-refractivity contribution < 1.29 is 8.42 Å². The van der Waals surface area contributed by atoms with Crippen LogP contribution < -0.4 is 0 Å². The Morgan fingerprint density at radius 3 is 2.53 bits per heavy atom. The molecule has 1 heterocycles. The Bertz CT molecular complexity index is 521. The van der Waals surface area contributed by atoms with Crippen molar-refractivity contribution in [3.05, 3.63) is 5.82 Å². The van der Waals surface area contributed by atoms with Crippen LogP contribution in [0.5, 0.6) is 0 Å². The Morgan fingerprint density at radius 2 is 1.95 bits per heavy atom. The van der Waals surface area contributed by atoms with Crippen LogP contribution in [0.15, 0.2) is 5.16 Å². The number of aryl methyl sites for hydroxylation is 1. The first-order valence-electron chi connectivity index (χ1n) is 6.89. The quantitative estimate of drug-likeness (QED) is 0.785. The number of nitrogens with zero attached hydrogens (tertiary/aromatic N) is 3. The summed E-state index contributed by atoms with van der Waals surface area (Å²) < 4.78 is 24.4. The Balaban J connectivity index is 2.06. The average Bonchev–Trinajstić information content (AvgIpc) is 2.80. The first kappa shape index (κ1) is 14.8. The number of halogens is 1. The van der Waals surface area contributed by atoms with Crippen LogP contribution in [-0.2, 0) is 22.0 Å². The van der Waals surface area contributed by atoms with Crippen LogP contribution in [0.25, 0.3) is 0 Å². The van der Waals surface area contributed by atoms with Gasteiger partial charge >= 0.3 is 0 Å². The third-order valence-corrected chi connectivity index (χ3v) is 4.98. The Morgan fingerprint density at radius 1 is 1.26 bits per heavy atom. The van der Waals surface area contributed by atoms with Gasteiger partial charge in [-0.2, -0.15) is 0 Å². The zero-order valence-electron chi connectivity index (χ0n) is 11.2. The zero-order valence-corrected chi connectivity index (χ0v) is 12.8. The molecule has 1 fully saturated rings. The molecule has 7 heteroatoms. The lowest BCUT2D eigenvalue weighted by Gasteiger charge is -2.21. The fourth-order valence-corrected chi connectivity index (χ4v) is 3.79. The minimum absolute atomic E-state index is 0.129. The number of hydrogen-bond donors (Lipinski definition) is 0. The lowest BCUT2D eigenvalue weighted by molar-refractivity contribution is 0.335. The molecule has 0 unspecified atom stereocenters. The number of hydrogen-bond acceptors (Lipinski definition) is 4. The van der Waals surface area contributed by atoms with Gasteiger partial charge in [0.05, 0.1) is 0 Å². The van der Waals surface area contributed by atoms with Crippen molar-refractivity contribution in [2.75, 3.05) is 0 Å². The topological polar surface area (TPSA) is 64.8 Å². The van der Waals surface area contributed by atoms with E-state index >= 15 is 0 Å². The molecule has 0 aliphatic heterocycles. The van der Waals surface area contributed by atoms with Crippen LogP contribution in [0.2, 0.25) is 0 Å². The van der Waals surface area contributed by atoms with Crippen molar-refractivity contribution in [1.82, 2.24) is 14.8 Å². The van der Waals surface area contributed by atoms with Crippen LogP contribution in [0.3, 0.4) is 0 Å². The molecule has 1 aromatic heterocycles. The van der Waals surface area contributed by atoms with Gasteiger partial charge in [-0.15, -0.1) is 10.2 Å². The number of rotatable bonds is 5. The van der Waals surface area contributed by atoms with Gasteiger partial charge in [0, 0.05) is 23.6 Å². The minimum Gasteiger partial charge on any atom is -0.301 e. The molecule has 0 bridgehead atoms. The largest absolute Gasteiger partial charge is 0.301 e. The second-order valence-electron chi connectivity index (χ2n) is 5.12. The average molecular weight is 306 g/mol. The Hall–Kier alpha value is -0.620. The molecule has 0 radical (unpaired) electrons. The predicted molar refractivity (Wildman–Crippen MR) is 73.6 cm³/mol. The molecule has 1 aliphatic carbocycles. The van der Waals surface area contributed by atoms with Gasteiger partial charge in [-0.3, -0.25) is 0 Å². The molecule has 2 rings (SSSR count). The number of aromatic nitrogens is 3. The zero-order chi connectivity index (χ0) is 13.9. The highest BCUT2D eigenvalue weighted by molar-refractivity contribution is 8.13. The van der Waals surface area contributed by atoms with Gasteiger partial charge in [0.1, 0.15) is 5.82 Å². The lowest BCUT2D eigenvalue weighted by atomic mass is 9.86. The van der Waals surface area contributed by atoms with Crippen LogP contribution >= 0.6 is 10.7 Å². The van der Waals surface area contributed by atoms with Crippen LogP contribution in [0, 0.1) is 5.92 Å². The summed E-state index contributed by atoms with van der Waals surface area (Å²) in [4.78, 5) is 0. The second-order valence-corrected chi connectivity index (χ2v) is 7.58. The summed E-state index contributed by atoms with van der Waals surface area (Å²) in [6, 6.07) is 0. The van der Waals surface area contributed by atoms with E-state index in [4.69, 9.17) is 10.7 Å². The molecule has 0 aromatic carbocycles. The van der Waals surface area contributed by atoms with E-state index in [1.165, 1.54) is 32.1 Å². The van der Waals surface area contributed by atoms with Gasteiger partial charge in [-0.25, -0.2) is 8.42 Å². The molecular weight excluding hydrogens is 286 g/mol. The third-order valence-electron chi connectivity index (χ3n) is 3.83. The Labute approximate surface area is 118 Å². The fourth-order valence-electron chi connectivity index (χ4n) is 2.81. The van der Waals surface area contributed by atoms with Crippen molar-refractivity contribution in [2.45, 2.75) is 63.6 Å². The standard InChI is InChI=1S/C12H20ClN3O2S/c1-2-16-11(14-15-12(16)19(13,17)18)9-8-10-6-4-3-5-7-10/h10H,2-9H2,1H3. The van der Waals surface area contributed by atoms with E-state index in [9.17, 15) is 8.42 Å². The van der Waals surface area contributed by atoms with Gasteiger partial charge in [-0.05, 0) is 19.3 Å². The Kier molecular flexibility index (Phi) is 4.84. The molecular formula is C12H20ClN3O2S. The molecule has 5 nitrogen and oxygen atoms in total. The summed E-state index contributed by atoms with van der Waals surface area (Å²) in [7, 11) is 1.55. The first-order chi connectivity index (χ1) is 9.02. The maximum Gasteiger partial charge on any atom is 0.296 e. The molecule has 0 saturated heterocycles. The van der Waals surface area contributed by atoms with Crippen LogP contribution in [0.4, 0.5) is 0 Å². The van der Waals surface area contributed by atoms with Crippen LogP contribution in [-0.4, -0.2) is 23.2 Å². The van der Waals surface area contributed by atoms with E-state index in [0.29, 0.717) is 6.54 Å². The van der Waals surface area contributed by atoms with E-state index in [1.54, 1.807) is 4.57 Å². The molecule has 0 N–H and O–H groups in total. The van der Waals surface area contributed by atoms with E-state index in [0.717, 1.165) is 24.6 Å². The van der Waals surface area contributed by atoms with Gasteiger partial charge in [0.25, 0.3) is 14.2 Å². The van der Waals surface area contributed by atoms with E-state index < -0.39 is 9.05 Å². The monoisotopic (exact) mass is 305 g/mol. The van der Waals surface area contributed by atoms with Crippen molar-refractivity contribution >= 4 is 19.7 Å². The van der Waals surface area contributed by atoms with Crippen molar-refractivity contribution in [3.8, 4) is 0 Å². The maximum atomic E-state index is 11.4. The van der Waals surface area contributed by atoms with Crippen molar-refractivity contribution in [1.29, 1.82) is 0 Å². The summed E-state index contributed by atoms with van der Waals surface area (Å²) >= 11 is 0. The molecule has 0 spiro atoms. The normalized spacial score (nSPS) is 17.8. The molecule has 19 heavy (non-hydrogen) atoms. The minimum atomic E-state index is -3.81. The first-order valence-corrected chi connectivity index (χ1v) is 9.20. The van der Waals surface area contributed by atoms with E-state index in [1.807, 2.05) is 6.92 Å². The fraction of sp³-hybridized carbons (Fsp3) is 0.833. The lowest BCUT2D eigenvalue weighted by Crippen LogP contribution is -2.11. The third kappa shape index (κ3) is 3.69. The highest BCUT2D eigenvalue weighted by Gasteiger charge is 2.22. The SMILES string of the molecule is CCn1c(CCC2CCCCC2)nnc1S(=O)(=O)Cl. The molecule has 0 amide bonds. The highest BCUT2D eigenvalue weighted by Crippen LogP contribution is 2.27. The highest BCUT2D eigenvalue weighted by atomic mass is 35.7. The van der Waals surface area contributed by atoms with E-state index in [-0.39, 0.29) is 5.16 Å². The molecule has 108 valence electrons. The smallest absolute Gasteiger partial charge is 0.296 e. The van der Waals surface area contributed by atoms with Gasteiger partial charge in [0.15, 0.2) is 0 Å².